The molecule has 0 radical (unpaired) electrons. The number of hydrogen-bond acceptors (Lipinski definition) is 5. The van der Waals surface area contributed by atoms with Crippen LogP contribution >= 0.6 is 0 Å². The highest BCUT2D eigenvalue weighted by atomic mass is 16.6. The zero-order chi connectivity index (χ0) is 23.8. The van der Waals surface area contributed by atoms with Gasteiger partial charge in [0, 0.05) is 5.69 Å². The van der Waals surface area contributed by atoms with Crippen molar-refractivity contribution < 1.29 is 23.9 Å². The van der Waals surface area contributed by atoms with Crippen molar-refractivity contribution in [2.24, 2.45) is 5.92 Å². The van der Waals surface area contributed by atoms with Gasteiger partial charge in [0.1, 0.15) is 17.2 Å². The van der Waals surface area contributed by atoms with Crippen molar-refractivity contribution in [3.63, 3.8) is 0 Å². The highest BCUT2D eigenvalue weighted by Crippen LogP contribution is 2.24. The van der Waals surface area contributed by atoms with Crippen molar-refractivity contribution in [3.05, 3.63) is 29.8 Å². The first kappa shape index (κ1) is 26.5. The molecule has 0 spiro atoms. The van der Waals surface area contributed by atoms with Crippen LogP contribution in [0.25, 0.3) is 0 Å². The van der Waals surface area contributed by atoms with E-state index in [1.54, 1.807) is 45.0 Å². The summed E-state index contributed by atoms with van der Waals surface area (Å²) in [5, 5.41) is 5.40. The molecule has 7 heteroatoms. The van der Waals surface area contributed by atoms with Crippen molar-refractivity contribution in [1.82, 2.24) is 5.32 Å². The molecule has 0 aliphatic rings. The van der Waals surface area contributed by atoms with Crippen LogP contribution in [-0.2, 0) is 14.3 Å². The van der Waals surface area contributed by atoms with E-state index in [0.717, 1.165) is 19.3 Å². The van der Waals surface area contributed by atoms with Gasteiger partial charge < -0.3 is 20.1 Å². The number of esters is 1. The monoisotopic (exact) mass is 434 g/mol. The number of amides is 2. The fourth-order valence-electron chi connectivity index (χ4n) is 2.99. The van der Waals surface area contributed by atoms with E-state index < -0.39 is 23.3 Å². The smallest absolute Gasteiger partial charge is 0.408 e. The highest BCUT2D eigenvalue weighted by Gasteiger charge is 2.28. The lowest BCUT2D eigenvalue weighted by Crippen LogP contribution is -2.48. The van der Waals surface area contributed by atoms with Crippen molar-refractivity contribution in [3.8, 4) is 0 Å². The van der Waals surface area contributed by atoms with Crippen LogP contribution in [-0.4, -0.2) is 35.2 Å². The second-order valence-electron chi connectivity index (χ2n) is 9.38. The van der Waals surface area contributed by atoms with E-state index in [1.807, 2.05) is 27.7 Å². The first-order valence-corrected chi connectivity index (χ1v) is 10.9. The Kier molecular flexibility index (Phi) is 9.53. The molecule has 0 aliphatic heterocycles. The Morgan fingerprint density at radius 3 is 2.00 bits per heavy atom. The second kappa shape index (κ2) is 11.2. The predicted octanol–water partition coefficient (Wildman–Crippen LogP) is 5.30. The van der Waals surface area contributed by atoms with Gasteiger partial charge >= 0.3 is 12.1 Å². The molecule has 0 fully saturated rings. The third-order valence-electron chi connectivity index (χ3n) is 4.88. The van der Waals surface area contributed by atoms with E-state index in [0.29, 0.717) is 11.3 Å². The van der Waals surface area contributed by atoms with Crippen molar-refractivity contribution in [2.45, 2.75) is 91.9 Å². The van der Waals surface area contributed by atoms with Gasteiger partial charge in [0.05, 0.1) is 5.56 Å². The minimum atomic E-state index is -0.765. The standard InChI is InChI=1S/C24H38N2O5/c1-9-15-24(8,10-2)30-21(28)17-11-13-18(14-12-17)25-20(27)19(16(3)4)26-22(29)31-23(5,6)7/h11-14,16,19H,9-10,15H2,1-8H3,(H,25,27)(H,26,29)/t19-,24-/m0/s1. The van der Waals surface area contributed by atoms with Gasteiger partial charge in [-0.2, -0.15) is 0 Å². The molecule has 0 saturated heterocycles. The summed E-state index contributed by atoms with van der Waals surface area (Å²) in [7, 11) is 0. The molecular weight excluding hydrogens is 396 g/mol. The van der Waals surface area contributed by atoms with Crippen LogP contribution in [0.4, 0.5) is 10.5 Å². The first-order chi connectivity index (χ1) is 14.3. The molecule has 0 aromatic heterocycles. The molecule has 2 N–H and O–H groups in total. The number of rotatable bonds is 9. The lowest BCUT2D eigenvalue weighted by molar-refractivity contribution is -0.119. The second-order valence-corrected chi connectivity index (χ2v) is 9.38. The lowest BCUT2D eigenvalue weighted by atomic mass is 9.97. The number of carbonyl (C=O) groups is 3. The zero-order valence-electron chi connectivity index (χ0n) is 20.1. The SMILES string of the molecule is CCC[C@](C)(CC)OC(=O)c1ccc(NC(=O)[C@@H](NC(=O)OC(C)(C)C)C(C)C)cc1. The molecule has 31 heavy (non-hydrogen) atoms. The van der Waals surface area contributed by atoms with E-state index >= 15 is 0 Å². The average molecular weight is 435 g/mol. The van der Waals surface area contributed by atoms with Gasteiger partial charge in [-0.05, 0) is 70.7 Å². The molecule has 0 bridgehead atoms. The summed E-state index contributed by atoms with van der Waals surface area (Å²) < 4.78 is 10.9. The molecule has 0 heterocycles. The lowest BCUT2D eigenvalue weighted by Gasteiger charge is -2.28. The van der Waals surface area contributed by atoms with Crippen LogP contribution in [0.2, 0.25) is 0 Å². The van der Waals surface area contributed by atoms with Crippen LogP contribution in [0.5, 0.6) is 0 Å². The van der Waals surface area contributed by atoms with E-state index in [-0.39, 0.29) is 17.8 Å². The summed E-state index contributed by atoms with van der Waals surface area (Å²) in [5.41, 5.74) is -0.209. The van der Waals surface area contributed by atoms with Crippen molar-refractivity contribution >= 4 is 23.7 Å². The van der Waals surface area contributed by atoms with E-state index in [1.165, 1.54) is 0 Å². The molecule has 174 valence electrons. The Hall–Kier alpha value is -2.57. The Labute approximate surface area is 186 Å². The number of carbonyl (C=O) groups excluding carboxylic acids is 3. The van der Waals surface area contributed by atoms with Crippen molar-refractivity contribution in [2.75, 3.05) is 5.32 Å². The molecule has 0 saturated carbocycles. The normalized spacial score (nSPS) is 14.4. The molecular formula is C24H38N2O5. The molecule has 2 amide bonds. The highest BCUT2D eigenvalue weighted by molar-refractivity contribution is 5.97. The van der Waals surface area contributed by atoms with Crippen LogP contribution in [0.1, 0.15) is 85.0 Å². The minimum Gasteiger partial charge on any atom is -0.456 e. The van der Waals surface area contributed by atoms with E-state index in [9.17, 15) is 14.4 Å². The third kappa shape index (κ3) is 8.99. The molecule has 2 atom stereocenters. The van der Waals surface area contributed by atoms with Gasteiger partial charge in [0.15, 0.2) is 0 Å². The maximum absolute atomic E-state index is 12.7. The van der Waals surface area contributed by atoms with Crippen LogP contribution in [0.3, 0.4) is 0 Å². The summed E-state index contributed by atoms with van der Waals surface area (Å²) in [6, 6.07) is 5.75. The van der Waals surface area contributed by atoms with Gasteiger partial charge in [-0.3, -0.25) is 4.79 Å². The number of ether oxygens (including phenoxy) is 2. The van der Waals surface area contributed by atoms with E-state index in [4.69, 9.17) is 9.47 Å². The Morgan fingerprint density at radius 2 is 1.55 bits per heavy atom. The molecule has 1 aromatic carbocycles. The summed E-state index contributed by atoms with van der Waals surface area (Å²) in [6.07, 6.45) is 1.81. The Bertz CT molecular complexity index is 752. The van der Waals surface area contributed by atoms with Gasteiger partial charge in [0.2, 0.25) is 5.91 Å². The van der Waals surface area contributed by atoms with Gasteiger partial charge in [-0.15, -0.1) is 0 Å². The number of alkyl carbamates (subject to hydrolysis) is 1. The summed E-state index contributed by atoms with van der Waals surface area (Å²) >= 11 is 0. The molecule has 1 rings (SSSR count). The van der Waals surface area contributed by atoms with Gasteiger partial charge in [-0.25, -0.2) is 9.59 Å². The van der Waals surface area contributed by atoms with Gasteiger partial charge in [0.25, 0.3) is 0 Å². The molecule has 1 aromatic rings. The number of anilines is 1. The predicted molar refractivity (Wildman–Crippen MR) is 122 cm³/mol. The Morgan fingerprint density at radius 1 is 0.968 bits per heavy atom. The largest absolute Gasteiger partial charge is 0.456 e. The van der Waals surface area contributed by atoms with Crippen LogP contribution in [0.15, 0.2) is 24.3 Å². The van der Waals surface area contributed by atoms with E-state index in [2.05, 4.69) is 17.6 Å². The topological polar surface area (TPSA) is 93.7 Å². The molecule has 0 unspecified atom stereocenters. The van der Waals surface area contributed by atoms with Crippen LogP contribution < -0.4 is 10.6 Å². The molecule has 0 aliphatic carbocycles. The third-order valence-corrected chi connectivity index (χ3v) is 4.88. The number of benzene rings is 1. The Balaban J connectivity index is 2.80. The maximum atomic E-state index is 12.7. The average Bonchev–Trinajstić information content (AvgIpc) is 2.65. The minimum absolute atomic E-state index is 0.146. The fraction of sp³-hybridized carbons (Fsp3) is 0.625. The molecule has 7 nitrogen and oxygen atoms in total. The van der Waals surface area contributed by atoms with Crippen LogP contribution in [0, 0.1) is 5.92 Å². The van der Waals surface area contributed by atoms with Crippen molar-refractivity contribution in [1.29, 1.82) is 0 Å². The van der Waals surface area contributed by atoms with Gasteiger partial charge in [-0.1, -0.05) is 34.1 Å². The zero-order valence-corrected chi connectivity index (χ0v) is 20.1. The number of nitrogens with one attached hydrogen (secondary N) is 2. The summed E-state index contributed by atoms with van der Waals surface area (Å²) in [4.78, 5) is 37.3. The maximum Gasteiger partial charge on any atom is 0.408 e. The number of hydrogen-bond donors (Lipinski definition) is 2. The summed E-state index contributed by atoms with van der Waals surface area (Å²) in [6.45, 7) is 14.9. The quantitative estimate of drug-likeness (QED) is 0.514. The first-order valence-electron chi connectivity index (χ1n) is 10.9. The summed E-state index contributed by atoms with van der Waals surface area (Å²) in [5.74, 6) is -0.896. The fourth-order valence-corrected chi connectivity index (χ4v) is 2.99.